The van der Waals surface area contributed by atoms with E-state index in [9.17, 15) is 0 Å². The van der Waals surface area contributed by atoms with Gasteiger partial charge in [0.25, 0.3) is 0 Å². The van der Waals surface area contributed by atoms with Crippen LogP contribution in [-0.4, -0.2) is 48.1 Å². The van der Waals surface area contributed by atoms with Gasteiger partial charge in [0.1, 0.15) is 5.82 Å². The predicted octanol–water partition coefficient (Wildman–Crippen LogP) is 3.78. The van der Waals surface area contributed by atoms with E-state index in [1.165, 1.54) is 5.56 Å². The Bertz CT molecular complexity index is 872. The topological polar surface area (TPSA) is 32.3 Å². The summed E-state index contributed by atoms with van der Waals surface area (Å²) in [5.41, 5.74) is 3.32. The molecule has 3 aromatic rings. The van der Waals surface area contributed by atoms with E-state index in [1.54, 1.807) is 0 Å². The van der Waals surface area contributed by atoms with Crippen LogP contribution in [0.2, 0.25) is 0 Å². The van der Waals surface area contributed by atoms with Gasteiger partial charge in [-0.2, -0.15) is 0 Å². The highest BCUT2D eigenvalue weighted by molar-refractivity contribution is 5.91. The van der Waals surface area contributed by atoms with Crippen molar-refractivity contribution in [3.05, 3.63) is 54.1 Å². The normalized spacial score (nSPS) is 15.2. The number of hydrogen-bond donors (Lipinski definition) is 0. The predicted molar refractivity (Wildman–Crippen MR) is 107 cm³/mol. The number of nitrogens with zero attached hydrogens (tertiary/aromatic N) is 4. The molecule has 0 spiro atoms. The highest BCUT2D eigenvalue weighted by Crippen LogP contribution is 2.28. The lowest BCUT2D eigenvalue weighted by molar-refractivity contribution is 0.312. The number of fused-ring (bicyclic) bond motifs is 1. The fourth-order valence-corrected chi connectivity index (χ4v) is 3.23. The number of aryl methyl sites for hydroxylation is 1. The second-order valence-corrected chi connectivity index (χ2v) is 6.55. The quantitative estimate of drug-likeness (QED) is 0.701. The van der Waals surface area contributed by atoms with Gasteiger partial charge < -0.3 is 9.80 Å². The molecule has 1 aromatic heterocycles. The summed E-state index contributed by atoms with van der Waals surface area (Å²) in [6.07, 6.45) is 0. The molecule has 130 valence electrons. The molecule has 0 saturated carbocycles. The third-order valence-corrected chi connectivity index (χ3v) is 4.66. The Morgan fingerprint density at radius 2 is 1.64 bits per heavy atom. The fourth-order valence-electron chi connectivity index (χ4n) is 3.23. The number of halogens is 1. The standard InChI is InChI=1S/C20H22N4.ClH/c1-15-6-5-7-16(14-15)19-21-18-9-4-3-8-17(18)20(22-19)24-12-10-23(2)11-13-24;/h3-9,14H,10-13H2,1-2H3;1H. The summed E-state index contributed by atoms with van der Waals surface area (Å²) >= 11 is 0. The van der Waals surface area contributed by atoms with Crippen LogP contribution >= 0.6 is 12.4 Å². The van der Waals surface area contributed by atoms with Crippen molar-refractivity contribution in [2.24, 2.45) is 0 Å². The average molecular weight is 355 g/mol. The van der Waals surface area contributed by atoms with Gasteiger partial charge in [-0.05, 0) is 32.2 Å². The van der Waals surface area contributed by atoms with Crippen LogP contribution in [0.3, 0.4) is 0 Å². The number of benzene rings is 2. The summed E-state index contributed by atoms with van der Waals surface area (Å²) in [6, 6.07) is 16.7. The van der Waals surface area contributed by atoms with Gasteiger partial charge in [-0.3, -0.25) is 0 Å². The van der Waals surface area contributed by atoms with E-state index >= 15 is 0 Å². The molecule has 4 rings (SSSR count). The molecule has 0 radical (unpaired) electrons. The first-order chi connectivity index (χ1) is 11.7. The maximum Gasteiger partial charge on any atom is 0.162 e. The van der Waals surface area contributed by atoms with Gasteiger partial charge in [0, 0.05) is 37.1 Å². The summed E-state index contributed by atoms with van der Waals surface area (Å²) in [5.74, 6) is 1.87. The minimum atomic E-state index is 0. The fraction of sp³-hybridized carbons (Fsp3) is 0.300. The minimum absolute atomic E-state index is 0. The highest BCUT2D eigenvalue weighted by atomic mass is 35.5. The van der Waals surface area contributed by atoms with Gasteiger partial charge in [0.15, 0.2) is 5.82 Å². The maximum absolute atomic E-state index is 4.96. The molecular formula is C20H23ClN4. The molecule has 1 aliphatic rings. The number of hydrogen-bond acceptors (Lipinski definition) is 4. The first-order valence-corrected chi connectivity index (χ1v) is 8.48. The van der Waals surface area contributed by atoms with Gasteiger partial charge in [-0.15, -0.1) is 12.4 Å². The van der Waals surface area contributed by atoms with E-state index in [4.69, 9.17) is 9.97 Å². The summed E-state index contributed by atoms with van der Waals surface area (Å²) in [5, 5.41) is 1.14. The van der Waals surface area contributed by atoms with E-state index in [0.29, 0.717) is 0 Å². The summed E-state index contributed by atoms with van der Waals surface area (Å²) in [7, 11) is 2.17. The van der Waals surface area contributed by atoms with Crippen LogP contribution in [0.15, 0.2) is 48.5 Å². The molecule has 0 atom stereocenters. The second-order valence-electron chi connectivity index (χ2n) is 6.55. The number of rotatable bonds is 2. The molecule has 4 nitrogen and oxygen atoms in total. The van der Waals surface area contributed by atoms with Gasteiger partial charge in [0.05, 0.1) is 5.52 Å². The third-order valence-electron chi connectivity index (χ3n) is 4.66. The molecule has 2 aromatic carbocycles. The van der Waals surface area contributed by atoms with Crippen LogP contribution in [0.25, 0.3) is 22.3 Å². The van der Waals surface area contributed by atoms with Crippen LogP contribution in [0.5, 0.6) is 0 Å². The molecular weight excluding hydrogens is 332 g/mol. The Hall–Kier alpha value is -2.17. The molecule has 5 heteroatoms. The van der Waals surface area contributed by atoms with Crippen molar-refractivity contribution >= 4 is 29.1 Å². The average Bonchev–Trinajstić information content (AvgIpc) is 2.61. The largest absolute Gasteiger partial charge is 0.353 e. The van der Waals surface area contributed by atoms with Crippen LogP contribution in [0, 0.1) is 6.92 Å². The monoisotopic (exact) mass is 354 g/mol. The molecule has 1 fully saturated rings. The van der Waals surface area contributed by atoms with E-state index < -0.39 is 0 Å². The van der Waals surface area contributed by atoms with E-state index in [-0.39, 0.29) is 12.4 Å². The molecule has 1 aliphatic heterocycles. The first-order valence-electron chi connectivity index (χ1n) is 8.48. The Labute approximate surface area is 154 Å². The first kappa shape index (κ1) is 17.6. The zero-order valence-corrected chi connectivity index (χ0v) is 15.5. The number of piperazine rings is 1. The molecule has 0 N–H and O–H groups in total. The van der Waals surface area contributed by atoms with Gasteiger partial charge >= 0.3 is 0 Å². The van der Waals surface area contributed by atoms with Crippen molar-refractivity contribution in [3.63, 3.8) is 0 Å². The van der Waals surface area contributed by atoms with Crippen molar-refractivity contribution in [2.45, 2.75) is 6.92 Å². The van der Waals surface area contributed by atoms with Crippen molar-refractivity contribution < 1.29 is 0 Å². The maximum atomic E-state index is 4.96. The van der Waals surface area contributed by atoms with Gasteiger partial charge in [-0.25, -0.2) is 9.97 Å². The minimum Gasteiger partial charge on any atom is -0.353 e. The second kappa shape index (κ2) is 7.38. The van der Waals surface area contributed by atoms with Crippen molar-refractivity contribution in [3.8, 4) is 11.4 Å². The lowest BCUT2D eigenvalue weighted by Crippen LogP contribution is -2.45. The molecule has 0 bridgehead atoms. The summed E-state index contributed by atoms with van der Waals surface area (Å²) in [6.45, 7) is 6.25. The van der Waals surface area contributed by atoms with Crippen molar-refractivity contribution in [1.29, 1.82) is 0 Å². The summed E-state index contributed by atoms with van der Waals surface area (Å²) < 4.78 is 0. The van der Waals surface area contributed by atoms with Crippen LogP contribution < -0.4 is 4.90 Å². The van der Waals surface area contributed by atoms with Crippen molar-refractivity contribution in [2.75, 3.05) is 38.1 Å². The Balaban J connectivity index is 0.00000182. The SMILES string of the molecule is Cc1cccc(-c2nc(N3CCN(C)CC3)c3ccccc3n2)c1.Cl. The summed E-state index contributed by atoms with van der Waals surface area (Å²) in [4.78, 5) is 14.5. The van der Waals surface area contributed by atoms with Crippen LogP contribution in [0.4, 0.5) is 5.82 Å². The number of para-hydroxylation sites is 1. The highest BCUT2D eigenvalue weighted by Gasteiger charge is 2.19. The third kappa shape index (κ3) is 3.60. The number of aromatic nitrogens is 2. The Kier molecular flexibility index (Phi) is 5.21. The van der Waals surface area contributed by atoms with Gasteiger partial charge in [-0.1, -0.05) is 35.9 Å². The smallest absolute Gasteiger partial charge is 0.162 e. The van der Waals surface area contributed by atoms with Crippen LogP contribution in [-0.2, 0) is 0 Å². The lowest BCUT2D eigenvalue weighted by atomic mass is 10.1. The zero-order chi connectivity index (χ0) is 16.5. The Morgan fingerprint density at radius 3 is 2.40 bits per heavy atom. The molecule has 0 unspecified atom stereocenters. The van der Waals surface area contributed by atoms with E-state index in [1.807, 2.05) is 6.07 Å². The molecule has 0 aliphatic carbocycles. The van der Waals surface area contributed by atoms with E-state index in [0.717, 1.165) is 54.3 Å². The molecule has 1 saturated heterocycles. The number of likely N-dealkylation sites (N-methyl/N-ethyl adjacent to an activating group) is 1. The van der Waals surface area contributed by atoms with E-state index in [2.05, 4.69) is 66.2 Å². The van der Waals surface area contributed by atoms with Crippen LogP contribution in [0.1, 0.15) is 5.56 Å². The van der Waals surface area contributed by atoms with Crippen molar-refractivity contribution in [1.82, 2.24) is 14.9 Å². The number of anilines is 1. The lowest BCUT2D eigenvalue weighted by Gasteiger charge is -2.33. The zero-order valence-electron chi connectivity index (χ0n) is 14.6. The Morgan fingerprint density at radius 1 is 0.880 bits per heavy atom. The molecule has 25 heavy (non-hydrogen) atoms. The molecule has 0 amide bonds. The van der Waals surface area contributed by atoms with Gasteiger partial charge in [0.2, 0.25) is 0 Å². The molecule has 2 heterocycles.